The quantitative estimate of drug-likeness (QED) is 0.327. The third kappa shape index (κ3) is 8.79. The topological polar surface area (TPSA) is 9.23 Å². The number of hydrogen-bond donors (Lipinski definition) is 0. The van der Waals surface area contributed by atoms with Crippen molar-refractivity contribution in [3.8, 4) is 0 Å². The third-order valence-electron chi connectivity index (χ3n) is 2.25. The van der Waals surface area contributed by atoms with E-state index in [2.05, 4.69) is 13.5 Å². The molecule has 0 radical (unpaired) electrons. The van der Waals surface area contributed by atoms with E-state index >= 15 is 0 Å². The lowest BCUT2D eigenvalue weighted by Crippen LogP contribution is -2.24. The summed E-state index contributed by atoms with van der Waals surface area (Å²) < 4.78 is 5.57. The Hall–Kier alpha value is 0.207. The maximum absolute atomic E-state index is 6.08. The van der Waals surface area contributed by atoms with E-state index in [-0.39, 0.29) is 0 Å². The maximum atomic E-state index is 6.08. The summed E-state index contributed by atoms with van der Waals surface area (Å²) in [6.07, 6.45) is 7.74. The molecule has 0 aliphatic rings. The second-order valence-corrected chi connectivity index (χ2v) is 8.73. The van der Waals surface area contributed by atoms with E-state index in [0.717, 1.165) is 13.0 Å². The van der Waals surface area contributed by atoms with Gasteiger partial charge in [-0.2, -0.15) is 0 Å². The van der Waals surface area contributed by atoms with Gasteiger partial charge in [0.2, 0.25) is 0 Å². The molecule has 0 heterocycles. The second kappa shape index (κ2) is 8.51. The van der Waals surface area contributed by atoms with Crippen molar-refractivity contribution in [1.82, 2.24) is 0 Å². The lowest BCUT2D eigenvalue weighted by molar-refractivity contribution is 0.309. The van der Waals surface area contributed by atoms with Crippen molar-refractivity contribution in [3.63, 3.8) is 0 Å². The Morgan fingerprint density at radius 3 is 2.36 bits per heavy atom. The van der Waals surface area contributed by atoms with Gasteiger partial charge in [0, 0.05) is 6.61 Å². The molecule has 1 nitrogen and oxygen atoms in total. The van der Waals surface area contributed by atoms with Crippen molar-refractivity contribution in [2.45, 2.75) is 52.0 Å². The molecule has 3 heteroatoms. The van der Waals surface area contributed by atoms with E-state index in [0.29, 0.717) is 0 Å². The fourth-order valence-electron chi connectivity index (χ4n) is 1.21. The van der Waals surface area contributed by atoms with Gasteiger partial charge in [-0.1, -0.05) is 44.7 Å². The molecule has 0 aliphatic carbocycles. The Labute approximate surface area is 94.3 Å². The molecule has 84 valence electrons. The molecule has 0 bridgehead atoms. The first-order valence-corrected chi connectivity index (χ1v) is 9.08. The number of unbranched alkanes of at least 4 members (excludes halogenated alkanes) is 5. The minimum atomic E-state index is -2.02. The minimum absolute atomic E-state index is 0.796. The molecule has 1 atom stereocenters. The van der Waals surface area contributed by atoms with Crippen LogP contribution in [0.25, 0.3) is 0 Å². The smallest absolute Gasteiger partial charge is 0.311 e. The zero-order valence-corrected chi connectivity index (χ0v) is 11.3. The van der Waals surface area contributed by atoms with Gasteiger partial charge in [-0.05, 0) is 13.0 Å². The summed E-state index contributed by atoms with van der Waals surface area (Å²) in [7, 11) is -2.02. The van der Waals surface area contributed by atoms with Crippen molar-refractivity contribution >= 4 is 18.7 Å². The highest BCUT2D eigenvalue weighted by atomic mass is 35.6. The van der Waals surface area contributed by atoms with E-state index in [9.17, 15) is 0 Å². The van der Waals surface area contributed by atoms with Gasteiger partial charge < -0.3 is 4.43 Å². The number of hydrogen-bond acceptors (Lipinski definition) is 1. The van der Waals surface area contributed by atoms with Crippen molar-refractivity contribution in [3.05, 3.63) is 12.3 Å². The molecule has 14 heavy (non-hydrogen) atoms. The lowest BCUT2D eigenvalue weighted by Gasteiger charge is -2.14. The summed E-state index contributed by atoms with van der Waals surface area (Å²) in [5.74, 6) is 0. The van der Waals surface area contributed by atoms with Crippen LogP contribution >= 0.6 is 11.1 Å². The highest BCUT2D eigenvalue weighted by molar-refractivity contribution is 7.18. The molecule has 0 aromatic rings. The van der Waals surface area contributed by atoms with Gasteiger partial charge in [-0.15, -0.1) is 17.7 Å². The highest BCUT2D eigenvalue weighted by Crippen LogP contribution is 2.12. The van der Waals surface area contributed by atoms with Crippen molar-refractivity contribution < 1.29 is 4.43 Å². The summed E-state index contributed by atoms with van der Waals surface area (Å²) in [4.78, 5) is 0. The molecule has 0 aromatic heterocycles. The Bertz CT molecular complexity index is 148. The molecule has 0 amide bonds. The molecule has 0 rings (SSSR count). The normalized spacial score (nSPS) is 15.1. The van der Waals surface area contributed by atoms with Crippen molar-refractivity contribution in [2.75, 3.05) is 6.61 Å². The van der Waals surface area contributed by atoms with Crippen LogP contribution in [0.1, 0.15) is 45.4 Å². The van der Waals surface area contributed by atoms with Gasteiger partial charge >= 0.3 is 7.63 Å². The van der Waals surface area contributed by atoms with E-state index in [4.69, 9.17) is 15.5 Å². The zero-order valence-electron chi connectivity index (χ0n) is 9.52. The van der Waals surface area contributed by atoms with Crippen LogP contribution in [-0.2, 0) is 4.43 Å². The Kier molecular flexibility index (Phi) is 8.64. The fraction of sp³-hybridized carbons (Fsp3) is 0.818. The molecular formula is C11H23ClOSi. The molecule has 1 unspecified atom stereocenters. The van der Waals surface area contributed by atoms with Gasteiger partial charge in [-0.3, -0.25) is 0 Å². The van der Waals surface area contributed by atoms with E-state index in [1.54, 1.807) is 5.70 Å². The summed E-state index contributed by atoms with van der Waals surface area (Å²) in [6.45, 7) is 8.66. The lowest BCUT2D eigenvalue weighted by atomic mass is 10.1. The minimum Gasteiger partial charge on any atom is -0.400 e. The van der Waals surface area contributed by atoms with Crippen LogP contribution < -0.4 is 0 Å². The predicted octanol–water partition coefficient (Wildman–Crippen LogP) is 4.40. The van der Waals surface area contributed by atoms with Gasteiger partial charge in [-0.25, -0.2) is 0 Å². The van der Waals surface area contributed by atoms with Crippen LogP contribution in [-0.4, -0.2) is 14.2 Å². The highest BCUT2D eigenvalue weighted by Gasteiger charge is 2.20. The van der Waals surface area contributed by atoms with E-state index in [1.807, 2.05) is 6.55 Å². The van der Waals surface area contributed by atoms with Gasteiger partial charge in [0.15, 0.2) is 0 Å². The molecule has 0 saturated carbocycles. The summed E-state index contributed by atoms with van der Waals surface area (Å²) in [6, 6.07) is 0. The standard InChI is InChI=1S/C11H23ClOSi/c1-4-6-7-8-9-10-11-13-14(3,12)5-2/h5H,2,4,6-11H2,1,3H3. The molecule has 0 fully saturated rings. The third-order valence-corrected chi connectivity index (χ3v) is 4.53. The zero-order chi connectivity index (χ0) is 10.9. The van der Waals surface area contributed by atoms with Crippen LogP contribution in [0, 0.1) is 0 Å². The van der Waals surface area contributed by atoms with Gasteiger partial charge in [0.05, 0.1) is 0 Å². The van der Waals surface area contributed by atoms with Crippen LogP contribution in [0.2, 0.25) is 6.55 Å². The van der Waals surface area contributed by atoms with Crippen LogP contribution in [0.4, 0.5) is 0 Å². The molecule has 0 aliphatic heterocycles. The number of halogens is 1. The molecule has 0 spiro atoms. The Morgan fingerprint density at radius 1 is 1.21 bits per heavy atom. The van der Waals surface area contributed by atoms with Crippen LogP contribution in [0.5, 0.6) is 0 Å². The van der Waals surface area contributed by atoms with Crippen LogP contribution in [0.3, 0.4) is 0 Å². The second-order valence-electron chi connectivity index (χ2n) is 3.81. The van der Waals surface area contributed by atoms with Gasteiger partial charge in [0.25, 0.3) is 0 Å². The predicted molar refractivity (Wildman–Crippen MR) is 67.0 cm³/mol. The Balaban J connectivity index is 3.17. The number of rotatable bonds is 9. The Morgan fingerprint density at radius 2 is 1.79 bits per heavy atom. The first-order chi connectivity index (χ1) is 6.62. The fourth-order valence-corrected chi connectivity index (χ4v) is 2.11. The molecule has 0 N–H and O–H groups in total. The van der Waals surface area contributed by atoms with E-state index < -0.39 is 7.63 Å². The first kappa shape index (κ1) is 14.2. The molecule has 0 aromatic carbocycles. The molecule has 0 saturated heterocycles. The van der Waals surface area contributed by atoms with Crippen molar-refractivity contribution in [1.29, 1.82) is 0 Å². The largest absolute Gasteiger partial charge is 0.400 e. The summed E-state index contributed by atoms with van der Waals surface area (Å²) in [5, 5.41) is 0. The molecular weight excluding hydrogens is 212 g/mol. The first-order valence-electron chi connectivity index (χ1n) is 5.59. The summed E-state index contributed by atoms with van der Waals surface area (Å²) in [5.41, 5.74) is 1.77. The average Bonchev–Trinajstić information content (AvgIpc) is 2.16. The van der Waals surface area contributed by atoms with Crippen molar-refractivity contribution in [2.24, 2.45) is 0 Å². The van der Waals surface area contributed by atoms with E-state index in [1.165, 1.54) is 32.1 Å². The summed E-state index contributed by atoms with van der Waals surface area (Å²) >= 11 is 6.08. The monoisotopic (exact) mass is 234 g/mol. The SMILES string of the molecule is C=C[Si](C)(Cl)OCCCCCCCC. The van der Waals surface area contributed by atoms with Gasteiger partial charge in [0.1, 0.15) is 0 Å². The maximum Gasteiger partial charge on any atom is 0.311 e. The average molecular weight is 235 g/mol. The van der Waals surface area contributed by atoms with Crippen LogP contribution in [0.15, 0.2) is 12.3 Å².